The van der Waals surface area contributed by atoms with Crippen LogP contribution in [0.15, 0.2) is 0 Å². The van der Waals surface area contributed by atoms with Gasteiger partial charge in [0, 0.05) is 28.1 Å². The Labute approximate surface area is 65.4 Å². The van der Waals surface area contributed by atoms with E-state index >= 15 is 0 Å². The quantitative estimate of drug-likeness (QED) is 0.617. The lowest BCUT2D eigenvalue weighted by Crippen LogP contribution is -2.37. The van der Waals surface area contributed by atoms with Crippen molar-refractivity contribution in [3.8, 4) is 0 Å². The molecule has 2 unspecified atom stereocenters. The lowest BCUT2D eigenvalue weighted by Gasteiger charge is -2.12. The first-order valence-corrected chi connectivity index (χ1v) is 4.56. The molecule has 0 spiro atoms. The Morgan fingerprint density at radius 1 is 1.10 bits per heavy atom. The summed E-state index contributed by atoms with van der Waals surface area (Å²) in [4.78, 5) is 0. The lowest BCUT2D eigenvalue weighted by molar-refractivity contribution is 0.159. The smallest absolute Gasteiger partial charge is 0.236 e. The number of hydrogen-bond acceptors (Lipinski definition) is 3. The minimum atomic E-state index is -0.304. The molecule has 10 heavy (non-hydrogen) atoms. The molecule has 2 atom stereocenters. The summed E-state index contributed by atoms with van der Waals surface area (Å²) in [5, 5.41) is 5.76. The van der Waals surface area contributed by atoms with E-state index < -0.39 is 0 Å². The molecule has 62 valence electrons. The molecule has 0 saturated carbocycles. The minimum absolute atomic E-state index is 0.0787. The molecule has 0 amide bonds. The highest BCUT2D eigenvalue weighted by Crippen LogP contribution is 2.07. The molecule has 0 heterocycles. The summed E-state index contributed by atoms with van der Waals surface area (Å²) in [6.45, 7) is 3.89. The van der Waals surface area contributed by atoms with Crippen molar-refractivity contribution in [1.82, 2.24) is 0 Å². The van der Waals surface area contributed by atoms with Gasteiger partial charge >= 0.3 is 0 Å². The van der Waals surface area contributed by atoms with E-state index in [1.165, 1.54) is 0 Å². The van der Waals surface area contributed by atoms with Crippen LogP contribution in [0.2, 0.25) is 0 Å². The van der Waals surface area contributed by atoms with Crippen LogP contribution in [-0.4, -0.2) is 25.1 Å². The monoisotopic (exact) mass is 166 g/mol. The van der Waals surface area contributed by atoms with E-state index in [0.29, 0.717) is 0 Å². The van der Waals surface area contributed by atoms with E-state index in [4.69, 9.17) is 14.6 Å². The highest BCUT2D eigenvalue weighted by atomic mass is 32.2. The van der Waals surface area contributed by atoms with E-state index in [-0.39, 0.29) is 22.0 Å². The molecule has 0 rings (SSSR count). The fourth-order valence-corrected chi connectivity index (χ4v) is 1.48. The summed E-state index contributed by atoms with van der Waals surface area (Å²) in [7, 11) is 3.31. The maximum Gasteiger partial charge on any atom is 0.236 e. The number of ether oxygens (including phenoxy) is 2. The zero-order valence-corrected chi connectivity index (χ0v) is 7.77. The zero-order chi connectivity index (χ0) is 8.15. The molecular weight excluding hydrogens is 150 g/mol. The predicted octanol–water partition coefficient (Wildman–Crippen LogP) is 0.463. The van der Waals surface area contributed by atoms with E-state index in [1.807, 2.05) is 13.8 Å². The van der Waals surface area contributed by atoms with E-state index in [0.717, 1.165) is 0 Å². The van der Waals surface area contributed by atoms with Crippen LogP contribution in [0, 0.1) is 0 Å². The van der Waals surface area contributed by atoms with Gasteiger partial charge in [-0.05, 0) is 0 Å². The van der Waals surface area contributed by atoms with Crippen LogP contribution < -0.4 is 5.14 Å². The average molecular weight is 166 g/mol. The summed E-state index contributed by atoms with van der Waals surface area (Å²) in [5.74, 6) is 0. The standard InChI is InChI=1S/C6H16NO2S/c1-5(8-3)10(7)6(2)9-4/h5-6H,7H2,1-4H3/q+1. The summed E-state index contributed by atoms with van der Waals surface area (Å²) in [6.07, 6.45) is 0. The van der Waals surface area contributed by atoms with Gasteiger partial charge < -0.3 is 9.47 Å². The Morgan fingerprint density at radius 2 is 1.40 bits per heavy atom. The molecular formula is C6H16NO2S+. The second-order valence-electron chi connectivity index (χ2n) is 2.01. The van der Waals surface area contributed by atoms with Crippen LogP contribution in [0.25, 0.3) is 0 Å². The summed E-state index contributed by atoms with van der Waals surface area (Å²) < 4.78 is 10.1. The van der Waals surface area contributed by atoms with Gasteiger partial charge in [0.15, 0.2) is 0 Å². The molecule has 0 aromatic carbocycles. The van der Waals surface area contributed by atoms with Crippen molar-refractivity contribution < 1.29 is 9.47 Å². The van der Waals surface area contributed by atoms with E-state index in [9.17, 15) is 0 Å². The molecule has 0 bridgehead atoms. The molecule has 0 aliphatic carbocycles. The molecule has 2 N–H and O–H groups in total. The van der Waals surface area contributed by atoms with Gasteiger partial charge in [-0.15, -0.1) is 5.14 Å². The Bertz CT molecular complexity index is 81.8. The SMILES string of the molecule is COC(C)[S+](N)C(C)OC. The second kappa shape index (κ2) is 4.96. The average Bonchev–Trinajstić information content (AvgIpc) is 2.00. The van der Waals surface area contributed by atoms with Crippen LogP contribution in [-0.2, 0) is 20.6 Å². The van der Waals surface area contributed by atoms with Crippen LogP contribution in [0.5, 0.6) is 0 Å². The van der Waals surface area contributed by atoms with Crippen molar-refractivity contribution in [1.29, 1.82) is 0 Å². The molecule has 0 aromatic heterocycles. The first kappa shape index (κ1) is 10.2. The van der Waals surface area contributed by atoms with Gasteiger partial charge in [0.05, 0.1) is 0 Å². The Kier molecular flexibility index (Phi) is 5.07. The maximum atomic E-state index is 5.76. The number of methoxy groups -OCH3 is 2. The molecule has 0 aliphatic rings. The highest BCUT2D eigenvalue weighted by Gasteiger charge is 2.29. The van der Waals surface area contributed by atoms with Crippen molar-refractivity contribution >= 4 is 11.1 Å². The number of rotatable bonds is 4. The Morgan fingerprint density at radius 3 is 1.60 bits per heavy atom. The largest absolute Gasteiger partial charge is 0.336 e. The fraction of sp³-hybridized carbons (Fsp3) is 1.00. The van der Waals surface area contributed by atoms with Crippen molar-refractivity contribution in [2.24, 2.45) is 5.14 Å². The van der Waals surface area contributed by atoms with Gasteiger partial charge in [-0.1, -0.05) is 0 Å². The van der Waals surface area contributed by atoms with Gasteiger partial charge in [0.25, 0.3) is 0 Å². The van der Waals surface area contributed by atoms with Crippen LogP contribution in [0.1, 0.15) is 13.8 Å². The van der Waals surface area contributed by atoms with Gasteiger partial charge in [-0.3, -0.25) is 0 Å². The summed E-state index contributed by atoms with van der Waals surface area (Å²) >= 11 is -0.304. The van der Waals surface area contributed by atoms with Crippen LogP contribution in [0.4, 0.5) is 0 Å². The topological polar surface area (TPSA) is 44.5 Å². The van der Waals surface area contributed by atoms with E-state index in [2.05, 4.69) is 0 Å². The molecule has 0 saturated heterocycles. The van der Waals surface area contributed by atoms with E-state index in [1.54, 1.807) is 14.2 Å². The molecule has 3 nitrogen and oxygen atoms in total. The van der Waals surface area contributed by atoms with Gasteiger partial charge in [-0.2, -0.15) is 0 Å². The lowest BCUT2D eigenvalue weighted by atomic mass is 10.8. The summed E-state index contributed by atoms with van der Waals surface area (Å²) in [6, 6.07) is 0. The normalized spacial score (nSPS) is 20.1. The van der Waals surface area contributed by atoms with Gasteiger partial charge in [0.2, 0.25) is 10.9 Å². The zero-order valence-electron chi connectivity index (χ0n) is 6.96. The number of nitrogens with two attached hydrogens (primary N) is 1. The first-order valence-electron chi connectivity index (χ1n) is 3.15. The molecule has 0 aromatic rings. The summed E-state index contributed by atoms with van der Waals surface area (Å²) in [5.41, 5.74) is 0.157. The molecule has 0 aliphatic heterocycles. The third kappa shape index (κ3) is 2.88. The predicted molar refractivity (Wildman–Crippen MR) is 44.5 cm³/mol. The molecule has 0 fully saturated rings. The van der Waals surface area contributed by atoms with Crippen LogP contribution in [0.3, 0.4) is 0 Å². The second-order valence-corrected chi connectivity index (χ2v) is 4.16. The van der Waals surface area contributed by atoms with Crippen molar-refractivity contribution in [2.45, 2.75) is 24.7 Å². The number of hydrogen-bond donors (Lipinski definition) is 1. The maximum absolute atomic E-state index is 5.76. The third-order valence-corrected chi connectivity index (χ3v) is 3.35. The van der Waals surface area contributed by atoms with Crippen molar-refractivity contribution in [3.05, 3.63) is 0 Å². The molecule has 4 heteroatoms. The molecule has 0 radical (unpaired) electrons. The van der Waals surface area contributed by atoms with Crippen LogP contribution >= 0.6 is 0 Å². The van der Waals surface area contributed by atoms with Crippen molar-refractivity contribution in [2.75, 3.05) is 14.2 Å². The highest BCUT2D eigenvalue weighted by molar-refractivity contribution is 7.95. The minimum Gasteiger partial charge on any atom is -0.336 e. The van der Waals surface area contributed by atoms with Crippen molar-refractivity contribution in [3.63, 3.8) is 0 Å². The fourth-order valence-electron chi connectivity index (χ4n) is 0.492. The Hall–Kier alpha value is 0.230. The Balaban J connectivity index is 3.69. The van der Waals surface area contributed by atoms with Gasteiger partial charge in [-0.25, -0.2) is 0 Å². The first-order chi connectivity index (χ1) is 4.63. The van der Waals surface area contributed by atoms with Gasteiger partial charge in [0.1, 0.15) is 11.1 Å². The third-order valence-electron chi connectivity index (χ3n) is 1.43.